The average molecular weight is 215 g/mol. The Balaban J connectivity index is 2.49. The molecule has 2 saturated carbocycles. The van der Waals surface area contributed by atoms with Crippen LogP contribution in [0.15, 0.2) is 0 Å². The molecule has 2 aliphatic rings. The van der Waals surface area contributed by atoms with E-state index >= 15 is 0 Å². The van der Waals surface area contributed by atoms with Crippen molar-refractivity contribution in [3.63, 3.8) is 0 Å². The molecule has 2 bridgehead atoms. The molecular formula is C11H15ClO2. The van der Waals surface area contributed by atoms with Crippen molar-refractivity contribution in [3.05, 3.63) is 0 Å². The Bertz CT molecular complexity index is 321. The van der Waals surface area contributed by atoms with Crippen LogP contribution < -0.4 is 0 Å². The van der Waals surface area contributed by atoms with Gasteiger partial charge in [-0.2, -0.15) is 0 Å². The van der Waals surface area contributed by atoms with Gasteiger partial charge in [-0.25, -0.2) is 0 Å². The van der Waals surface area contributed by atoms with E-state index in [1.807, 2.05) is 6.92 Å². The zero-order chi connectivity index (χ0) is 10.7. The van der Waals surface area contributed by atoms with E-state index in [1.165, 1.54) is 0 Å². The molecule has 2 unspecified atom stereocenters. The lowest BCUT2D eigenvalue weighted by molar-refractivity contribution is -0.135. The number of hydrogen-bond acceptors (Lipinski definition) is 2. The maximum atomic E-state index is 12.0. The highest BCUT2D eigenvalue weighted by atomic mass is 35.5. The summed E-state index contributed by atoms with van der Waals surface area (Å²) >= 11 is 5.50. The molecule has 2 nitrogen and oxygen atoms in total. The van der Waals surface area contributed by atoms with Gasteiger partial charge in [0.15, 0.2) is 5.78 Å². The second kappa shape index (κ2) is 2.60. The SMILES string of the molecule is CC1(C)C2CC[C@]1(C)C(=O)C2C(=O)Cl. The van der Waals surface area contributed by atoms with Crippen LogP contribution in [-0.4, -0.2) is 11.0 Å². The lowest BCUT2D eigenvalue weighted by atomic mass is 9.70. The van der Waals surface area contributed by atoms with Crippen molar-refractivity contribution in [1.82, 2.24) is 0 Å². The van der Waals surface area contributed by atoms with Gasteiger partial charge in [0.2, 0.25) is 5.24 Å². The van der Waals surface area contributed by atoms with Crippen molar-refractivity contribution in [2.45, 2.75) is 33.6 Å². The molecule has 14 heavy (non-hydrogen) atoms. The highest BCUT2D eigenvalue weighted by Crippen LogP contribution is 2.65. The van der Waals surface area contributed by atoms with Crippen LogP contribution in [0.5, 0.6) is 0 Å². The van der Waals surface area contributed by atoms with Gasteiger partial charge in [0.1, 0.15) is 0 Å². The van der Waals surface area contributed by atoms with Gasteiger partial charge >= 0.3 is 0 Å². The van der Waals surface area contributed by atoms with Crippen LogP contribution in [-0.2, 0) is 9.59 Å². The monoisotopic (exact) mass is 214 g/mol. The Kier molecular flexibility index (Phi) is 1.89. The van der Waals surface area contributed by atoms with Gasteiger partial charge < -0.3 is 0 Å². The van der Waals surface area contributed by atoms with Gasteiger partial charge in [0.25, 0.3) is 0 Å². The van der Waals surface area contributed by atoms with Crippen LogP contribution >= 0.6 is 11.6 Å². The molecule has 78 valence electrons. The fourth-order valence-corrected chi connectivity index (χ4v) is 3.60. The third-order valence-corrected chi connectivity index (χ3v) is 5.01. The van der Waals surface area contributed by atoms with Gasteiger partial charge in [-0.15, -0.1) is 0 Å². The molecule has 0 spiro atoms. The van der Waals surface area contributed by atoms with Gasteiger partial charge in [-0.05, 0) is 35.8 Å². The first-order chi connectivity index (χ1) is 6.32. The summed E-state index contributed by atoms with van der Waals surface area (Å²) in [6.07, 6.45) is 1.86. The summed E-state index contributed by atoms with van der Waals surface area (Å²) in [4.78, 5) is 23.3. The summed E-state index contributed by atoms with van der Waals surface area (Å²) < 4.78 is 0. The van der Waals surface area contributed by atoms with Crippen LogP contribution in [0, 0.1) is 22.7 Å². The summed E-state index contributed by atoms with van der Waals surface area (Å²) in [6.45, 7) is 6.15. The van der Waals surface area contributed by atoms with E-state index in [9.17, 15) is 9.59 Å². The zero-order valence-corrected chi connectivity index (χ0v) is 9.52. The summed E-state index contributed by atoms with van der Waals surface area (Å²) in [6, 6.07) is 0. The van der Waals surface area contributed by atoms with E-state index < -0.39 is 11.2 Å². The van der Waals surface area contributed by atoms with Crippen molar-refractivity contribution in [1.29, 1.82) is 0 Å². The van der Waals surface area contributed by atoms with Crippen molar-refractivity contribution in [2.75, 3.05) is 0 Å². The molecule has 3 atom stereocenters. The Labute approximate surface area is 89.0 Å². The first kappa shape index (κ1) is 10.2. The fraction of sp³-hybridized carbons (Fsp3) is 0.818. The van der Waals surface area contributed by atoms with Gasteiger partial charge in [0, 0.05) is 5.41 Å². The molecule has 2 aliphatic carbocycles. The minimum absolute atomic E-state index is 0.0683. The predicted molar refractivity (Wildman–Crippen MR) is 54.0 cm³/mol. The van der Waals surface area contributed by atoms with Crippen LogP contribution in [0.4, 0.5) is 0 Å². The Morgan fingerprint density at radius 2 is 2.00 bits per heavy atom. The van der Waals surface area contributed by atoms with Crippen LogP contribution in [0.25, 0.3) is 0 Å². The molecule has 2 fully saturated rings. The average Bonchev–Trinajstić information content (AvgIpc) is 2.35. The fourth-order valence-electron chi connectivity index (χ4n) is 3.35. The number of Topliss-reactive ketones (excluding diaryl/α,β-unsaturated/α-hetero) is 1. The van der Waals surface area contributed by atoms with Gasteiger partial charge in [-0.3, -0.25) is 9.59 Å². The molecule has 2 rings (SSSR count). The van der Waals surface area contributed by atoms with Crippen LogP contribution in [0.1, 0.15) is 33.6 Å². The Morgan fingerprint density at radius 1 is 1.43 bits per heavy atom. The standard InChI is InChI=1S/C11H15ClO2/c1-10(2)6-4-5-11(10,3)8(13)7(6)9(12)14/h6-7H,4-5H2,1-3H3/t6?,7?,11-/m1/s1. The van der Waals surface area contributed by atoms with E-state index in [4.69, 9.17) is 11.6 Å². The second-order valence-electron chi connectivity index (χ2n) is 5.34. The maximum Gasteiger partial charge on any atom is 0.232 e. The lowest BCUT2D eigenvalue weighted by Gasteiger charge is -2.32. The first-order valence-corrected chi connectivity index (χ1v) is 5.44. The van der Waals surface area contributed by atoms with Crippen LogP contribution in [0.3, 0.4) is 0 Å². The topological polar surface area (TPSA) is 34.1 Å². The number of ketones is 1. The summed E-state index contributed by atoms with van der Waals surface area (Å²) in [7, 11) is 0. The summed E-state index contributed by atoms with van der Waals surface area (Å²) in [5, 5.41) is -0.462. The zero-order valence-electron chi connectivity index (χ0n) is 8.76. The third kappa shape index (κ3) is 0.881. The lowest BCUT2D eigenvalue weighted by Crippen LogP contribution is -2.34. The molecule has 0 aromatic rings. The molecular weight excluding hydrogens is 200 g/mol. The maximum absolute atomic E-state index is 12.0. The van der Waals surface area contributed by atoms with Gasteiger partial charge in [0.05, 0.1) is 5.92 Å². The smallest absolute Gasteiger partial charge is 0.232 e. The van der Waals surface area contributed by atoms with Crippen molar-refractivity contribution >= 4 is 22.6 Å². The number of hydrogen-bond donors (Lipinski definition) is 0. The highest BCUT2D eigenvalue weighted by molar-refractivity contribution is 6.65. The number of fused-ring (bicyclic) bond motifs is 2. The van der Waals surface area contributed by atoms with Gasteiger partial charge in [-0.1, -0.05) is 20.8 Å². The minimum atomic E-state index is -0.537. The minimum Gasteiger partial charge on any atom is -0.298 e. The normalized spacial score (nSPS) is 44.4. The number of halogens is 1. The summed E-state index contributed by atoms with van der Waals surface area (Å²) in [5.41, 5.74) is -0.397. The van der Waals surface area contributed by atoms with E-state index in [-0.39, 0.29) is 22.5 Å². The molecule has 0 aromatic carbocycles. The van der Waals surface area contributed by atoms with Crippen molar-refractivity contribution < 1.29 is 9.59 Å². The first-order valence-electron chi connectivity index (χ1n) is 5.06. The molecule has 0 N–H and O–H groups in total. The molecule has 0 aliphatic heterocycles. The Morgan fingerprint density at radius 3 is 2.29 bits per heavy atom. The Hall–Kier alpha value is -0.370. The largest absolute Gasteiger partial charge is 0.298 e. The molecule has 0 radical (unpaired) electrons. The number of carbonyl (C=O) groups is 2. The van der Waals surface area contributed by atoms with Crippen LogP contribution in [0.2, 0.25) is 0 Å². The van der Waals surface area contributed by atoms with E-state index in [0.717, 1.165) is 12.8 Å². The molecule has 0 heterocycles. The molecule has 3 heteroatoms. The molecule has 0 amide bonds. The van der Waals surface area contributed by atoms with E-state index in [2.05, 4.69) is 13.8 Å². The third-order valence-electron chi connectivity index (χ3n) is 4.78. The number of rotatable bonds is 1. The van der Waals surface area contributed by atoms with Crippen molar-refractivity contribution in [2.24, 2.45) is 22.7 Å². The highest BCUT2D eigenvalue weighted by Gasteiger charge is 2.67. The predicted octanol–water partition coefficient (Wildman–Crippen LogP) is 2.39. The van der Waals surface area contributed by atoms with Crippen molar-refractivity contribution in [3.8, 4) is 0 Å². The summed E-state index contributed by atoms with van der Waals surface area (Å²) in [5.74, 6) is -0.311. The van der Waals surface area contributed by atoms with E-state index in [1.54, 1.807) is 0 Å². The second-order valence-corrected chi connectivity index (χ2v) is 5.72. The number of carbonyl (C=O) groups excluding carboxylic acids is 2. The van der Waals surface area contributed by atoms with E-state index in [0.29, 0.717) is 0 Å². The quantitative estimate of drug-likeness (QED) is 0.496. The molecule has 0 saturated heterocycles. The molecule has 0 aromatic heterocycles.